The van der Waals surface area contributed by atoms with Crippen molar-refractivity contribution in [2.45, 2.75) is 46.2 Å². The number of hydrogen-bond acceptors (Lipinski definition) is 2. The van der Waals surface area contributed by atoms with Crippen LogP contribution in [0.2, 0.25) is 0 Å². The Balaban J connectivity index is 2.58. The van der Waals surface area contributed by atoms with Gasteiger partial charge in [-0.15, -0.1) is 0 Å². The summed E-state index contributed by atoms with van der Waals surface area (Å²) in [4.78, 5) is 2.13. The molecule has 0 aliphatic rings. The third-order valence-corrected chi connectivity index (χ3v) is 3.27. The Morgan fingerprint density at radius 1 is 1.00 bits per heavy atom. The van der Waals surface area contributed by atoms with Gasteiger partial charge >= 0.3 is 0 Å². The van der Waals surface area contributed by atoms with E-state index in [1.54, 1.807) is 0 Å². The fourth-order valence-electron chi connectivity index (χ4n) is 2.36. The van der Waals surface area contributed by atoms with Gasteiger partial charge in [-0.3, -0.25) is 0 Å². The molecule has 0 amide bonds. The number of nitrogens with zero attached hydrogens (tertiary/aromatic N) is 1. The number of rotatable bonds is 6. The van der Waals surface area contributed by atoms with Crippen molar-refractivity contribution in [1.29, 1.82) is 0 Å². The van der Waals surface area contributed by atoms with E-state index in [0.717, 1.165) is 5.92 Å². The lowest BCUT2D eigenvalue weighted by Crippen LogP contribution is -2.30. The first kappa shape index (κ1) is 15.0. The van der Waals surface area contributed by atoms with Crippen molar-refractivity contribution in [2.24, 2.45) is 5.92 Å². The molecule has 0 saturated carbocycles. The molecule has 0 aliphatic heterocycles. The zero-order valence-electron chi connectivity index (χ0n) is 12.7. The van der Waals surface area contributed by atoms with Gasteiger partial charge in [-0.2, -0.15) is 0 Å². The monoisotopic (exact) mass is 248 g/mol. The van der Waals surface area contributed by atoms with Crippen LogP contribution in [0.4, 0.5) is 5.69 Å². The summed E-state index contributed by atoms with van der Waals surface area (Å²) in [5.74, 6) is 0.746. The molecule has 0 bridgehead atoms. The SMILES string of the molecule is CC(C)CC(C)NC(C)c1ccc(N(C)C)cc1. The largest absolute Gasteiger partial charge is 0.378 e. The number of benzene rings is 1. The van der Waals surface area contributed by atoms with E-state index in [9.17, 15) is 0 Å². The standard InChI is InChI=1S/C16H28N2/c1-12(2)11-13(3)17-14(4)15-7-9-16(10-8-15)18(5)6/h7-10,12-14,17H,11H2,1-6H3. The van der Waals surface area contributed by atoms with Crippen molar-refractivity contribution in [3.05, 3.63) is 29.8 Å². The van der Waals surface area contributed by atoms with Crippen LogP contribution in [-0.2, 0) is 0 Å². The van der Waals surface area contributed by atoms with Crippen LogP contribution in [0.1, 0.15) is 45.7 Å². The maximum atomic E-state index is 3.66. The second-order valence-electron chi connectivity index (χ2n) is 5.90. The smallest absolute Gasteiger partial charge is 0.0361 e. The molecule has 1 aromatic carbocycles. The second kappa shape index (κ2) is 6.79. The minimum Gasteiger partial charge on any atom is -0.378 e. The molecule has 102 valence electrons. The molecule has 0 heterocycles. The van der Waals surface area contributed by atoms with Crippen molar-refractivity contribution in [2.75, 3.05) is 19.0 Å². The number of anilines is 1. The van der Waals surface area contributed by atoms with Gasteiger partial charge in [0.05, 0.1) is 0 Å². The third-order valence-electron chi connectivity index (χ3n) is 3.27. The number of nitrogens with one attached hydrogen (secondary N) is 1. The van der Waals surface area contributed by atoms with Gasteiger partial charge in [-0.1, -0.05) is 26.0 Å². The van der Waals surface area contributed by atoms with Crippen LogP contribution >= 0.6 is 0 Å². The Morgan fingerprint density at radius 2 is 1.56 bits per heavy atom. The van der Waals surface area contributed by atoms with E-state index in [0.29, 0.717) is 12.1 Å². The fraction of sp³-hybridized carbons (Fsp3) is 0.625. The molecule has 18 heavy (non-hydrogen) atoms. The lowest BCUT2D eigenvalue weighted by Gasteiger charge is -2.22. The van der Waals surface area contributed by atoms with E-state index in [1.165, 1.54) is 17.7 Å². The van der Waals surface area contributed by atoms with Crippen LogP contribution in [0.5, 0.6) is 0 Å². The summed E-state index contributed by atoms with van der Waals surface area (Å²) in [5, 5.41) is 3.66. The van der Waals surface area contributed by atoms with Crippen LogP contribution in [0.15, 0.2) is 24.3 Å². The Bertz CT molecular complexity index is 341. The summed E-state index contributed by atoms with van der Waals surface area (Å²) >= 11 is 0. The fourth-order valence-corrected chi connectivity index (χ4v) is 2.36. The molecular weight excluding hydrogens is 220 g/mol. The maximum absolute atomic E-state index is 3.66. The first-order chi connectivity index (χ1) is 8.40. The zero-order valence-corrected chi connectivity index (χ0v) is 12.7. The summed E-state index contributed by atoms with van der Waals surface area (Å²) in [6, 6.07) is 9.77. The molecule has 1 N–H and O–H groups in total. The van der Waals surface area contributed by atoms with Gasteiger partial charge in [0.15, 0.2) is 0 Å². The zero-order chi connectivity index (χ0) is 13.7. The van der Waals surface area contributed by atoms with E-state index >= 15 is 0 Å². The predicted molar refractivity (Wildman–Crippen MR) is 81.2 cm³/mol. The lowest BCUT2D eigenvalue weighted by molar-refractivity contribution is 0.407. The molecule has 2 heteroatoms. The van der Waals surface area contributed by atoms with Crippen molar-refractivity contribution in [3.8, 4) is 0 Å². The van der Waals surface area contributed by atoms with E-state index in [2.05, 4.69) is 76.3 Å². The highest BCUT2D eigenvalue weighted by Crippen LogP contribution is 2.18. The second-order valence-corrected chi connectivity index (χ2v) is 5.90. The average molecular weight is 248 g/mol. The van der Waals surface area contributed by atoms with Gasteiger partial charge in [0, 0.05) is 31.9 Å². The topological polar surface area (TPSA) is 15.3 Å². The molecule has 2 unspecified atom stereocenters. The van der Waals surface area contributed by atoms with Crippen LogP contribution in [0, 0.1) is 5.92 Å². The molecule has 2 nitrogen and oxygen atoms in total. The highest BCUT2D eigenvalue weighted by Gasteiger charge is 2.10. The van der Waals surface area contributed by atoms with Crippen molar-refractivity contribution >= 4 is 5.69 Å². The van der Waals surface area contributed by atoms with Crippen LogP contribution in [-0.4, -0.2) is 20.1 Å². The van der Waals surface area contributed by atoms with E-state index in [-0.39, 0.29) is 0 Å². The van der Waals surface area contributed by atoms with Gasteiger partial charge in [0.25, 0.3) is 0 Å². The normalized spacial score (nSPS) is 14.6. The summed E-state index contributed by atoms with van der Waals surface area (Å²) in [6.45, 7) is 9.05. The summed E-state index contributed by atoms with van der Waals surface area (Å²) in [5.41, 5.74) is 2.61. The van der Waals surface area contributed by atoms with Crippen molar-refractivity contribution in [3.63, 3.8) is 0 Å². The van der Waals surface area contributed by atoms with Gasteiger partial charge in [-0.05, 0) is 43.9 Å². The Labute approximate surface area is 112 Å². The predicted octanol–water partition coefficient (Wildman–Crippen LogP) is 3.84. The van der Waals surface area contributed by atoms with Crippen LogP contribution < -0.4 is 10.2 Å². The summed E-state index contributed by atoms with van der Waals surface area (Å²) < 4.78 is 0. The average Bonchev–Trinajstić information content (AvgIpc) is 2.27. The van der Waals surface area contributed by atoms with E-state index < -0.39 is 0 Å². The molecule has 0 radical (unpaired) electrons. The molecule has 0 fully saturated rings. The number of hydrogen-bond donors (Lipinski definition) is 1. The molecule has 0 aliphatic carbocycles. The van der Waals surface area contributed by atoms with Gasteiger partial charge < -0.3 is 10.2 Å². The molecule has 0 aromatic heterocycles. The van der Waals surface area contributed by atoms with E-state index in [1.807, 2.05) is 0 Å². The van der Waals surface area contributed by atoms with Crippen molar-refractivity contribution < 1.29 is 0 Å². The van der Waals surface area contributed by atoms with Crippen molar-refractivity contribution in [1.82, 2.24) is 5.32 Å². The Morgan fingerprint density at radius 3 is 2.00 bits per heavy atom. The quantitative estimate of drug-likeness (QED) is 0.823. The first-order valence-electron chi connectivity index (χ1n) is 6.93. The molecule has 0 saturated heterocycles. The Hall–Kier alpha value is -1.02. The Kier molecular flexibility index (Phi) is 5.67. The molecule has 1 rings (SSSR count). The first-order valence-corrected chi connectivity index (χ1v) is 6.93. The molecular formula is C16H28N2. The minimum absolute atomic E-state index is 0.412. The van der Waals surface area contributed by atoms with Crippen LogP contribution in [0.3, 0.4) is 0 Å². The minimum atomic E-state index is 0.412. The van der Waals surface area contributed by atoms with Gasteiger partial charge in [0.1, 0.15) is 0 Å². The lowest BCUT2D eigenvalue weighted by atomic mass is 10.0. The highest BCUT2D eigenvalue weighted by molar-refractivity contribution is 5.46. The maximum Gasteiger partial charge on any atom is 0.0361 e. The third kappa shape index (κ3) is 4.69. The molecule has 0 spiro atoms. The molecule has 2 atom stereocenters. The highest BCUT2D eigenvalue weighted by atomic mass is 15.1. The van der Waals surface area contributed by atoms with Crippen LogP contribution in [0.25, 0.3) is 0 Å². The summed E-state index contributed by atoms with van der Waals surface area (Å²) in [7, 11) is 4.14. The van der Waals surface area contributed by atoms with Gasteiger partial charge in [-0.25, -0.2) is 0 Å². The summed E-state index contributed by atoms with van der Waals surface area (Å²) in [6.07, 6.45) is 1.22. The van der Waals surface area contributed by atoms with E-state index in [4.69, 9.17) is 0 Å². The van der Waals surface area contributed by atoms with Gasteiger partial charge in [0.2, 0.25) is 0 Å². The molecule has 1 aromatic rings.